The monoisotopic (exact) mass is 286 g/mol. The van der Waals surface area contributed by atoms with Crippen LogP contribution in [0, 0.1) is 34.5 Å². The Bertz CT molecular complexity index is 504. The maximum atomic E-state index is 12.4. The lowest BCUT2D eigenvalue weighted by Crippen LogP contribution is -2.50. The maximum absolute atomic E-state index is 12.4. The number of hydrogen-bond acceptors (Lipinski definition) is 1. The molecule has 0 N–H and O–H groups in total. The molecule has 0 aromatic rings. The molecule has 3 saturated carbocycles. The van der Waals surface area contributed by atoms with Gasteiger partial charge in [0.1, 0.15) is 5.78 Å². The highest BCUT2D eigenvalue weighted by molar-refractivity contribution is 5.87. The van der Waals surface area contributed by atoms with E-state index in [9.17, 15) is 4.79 Å². The zero-order valence-electron chi connectivity index (χ0n) is 14.0. The molecule has 0 bridgehead atoms. The van der Waals surface area contributed by atoms with E-state index in [1.807, 2.05) is 0 Å². The van der Waals surface area contributed by atoms with Crippen molar-refractivity contribution in [1.82, 2.24) is 0 Å². The first-order valence-corrected chi connectivity index (χ1v) is 9.18. The number of rotatable bonds is 0. The lowest BCUT2D eigenvalue weighted by atomic mass is 9.47. The maximum Gasteiger partial charge on any atom is 0.139 e. The van der Waals surface area contributed by atoms with E-state index < -0.39 is 0 Å². The standard InChI is InChI=1S/C20H30O/c1-13-8-10-19(2)14(12-13)4-5-15-16-6-7-18(21)20(16,3)11-9-17(15)19/h4,13,15-17H,5-12H2,1-3H3/t13-,15?,16?,17?,19?,20-/m0/s1. The summed E-state index contributed by atoms with van der Waals surface area (Å²) in [6.45, 7) is 7.26. The Morgan fingerprint density at radius 2 is 1.76 bits per heavy atom. The normalized spacial score (nSPS) is 52.7. The van der Waals surface area contributed by atoms with E-state index in [1.54, 1.807) is 5.57 Å². The van der Waals surface area contributed by atoms with Crippen molar-refractivity contribution >= 4 is 5.78 Å². The number of carbonyl (C=O) groups is 1. The summed E-state index contributed by atoms with van der Waals surface area (Å²) in [5.41, 5.74) is 2.27. The fraction of sp³-hybridized carbons (Fsp3) is 0.850. The smallest absolute Gasteiger partial charge is 0.139 e. The lowest BCUT2D eigenvalue weighted by molar-refractivity contribution is -0.131. The van der Waals surface area contributed by atoms with Crippen LogP contribution in [0.4, 0.5) is 0 Å². The topological polar surface area (TPSA) is 17.1 Å². The van der Waals surface area contributed by atoms with Crippen molar-refractivity contribution in [3.8, 4) is 0 Å². The molecule has 4 aliphatic carbocycles. The largest absolute Gasteiger partial charge is 0.299 e. The van der Waals surface area contributed by atoms with Gasteiger partial charge in [-0.3, -0.25) is 4.79 Å². The van der Waals surface area contributed by atoms with E-state index in [1.165, 1.54) is 38.5 Å². The molecular formula is C20H30O. The van der Waals surface area contributed by atoms with E-state index >= 15 is 0 Å². The fourth-order valence-electron chi connectivity index (χ4n) is 6.61. The number of carbonyl (C=O) groups excluding carboxylic acids is 1. The highest BCUT2D eigenvalue weighted by Gasteiger charge is 2.58. The number of fused-ring (bicyclic) bond motifs is 5. The molecular weight excluding hydrogens is 256 g/mol. The van der Waals surface area contributed by atoms with Crippen molar-refractivity contribution in [2.45, 2.75) is 72.1 Å². The molecule has 0 radical (unpaired) electrons. The van der Waals surface area contributed by atoms with Gasteiger partial charge in [-0.1, -0.05) is 32.4 Å². The molecule has 3 fully saturated rings. The van der Waals surface area contributed by atoms with Crippen LogP contribution in [0.2, 0.25) is 0 Å². The summed E-state index contributed by atoms with van der Waals surface area (Å²) in [7, 11) is 0. The molecule has 1 nitrogen and oxygen atoms in total. The molecule has 21 heavy (non-hydrogen) atoms. The van der Waals surface area contributed by atoms with Gasteiger partial charge >= 0.3 is 0 Å². The van der Waals surface area contributed by atoms with Crippen molar-refractivity contribution < 1.29 is 4.79 Å². The third kappa shape index (κ3) is 1.79. The molecule has 1 heteroatoms. The van der Waals surface area contributed by atoms with Crippen molar-refractivity contribution in [3.63, 3.8) is 0 Å². The summed E-state index contributed by atoms with van der Waals surface area (Å²) in [5.74, 6) is 3.77. The third-order valence-electron chi connectivity index (χ3n) is 8.06. The minimum absolute atomic E-state index is 0.0326. The van der Waals surface area contributed by atoms with E-state index in [2.05, 4.69) is 26.8 Å². The van der Waals surface area contributed by atoms with Gasteiger partial charge in [0.25, 0.3) is 0 Å². The lowest BCUT2D eigenvalue weighted by Gasteiger charge is -2.57. The second-order valence-electron chi connectivity index (χ2n) is 9.03. The van der Waals surface area contributed by atoms with Gasteiger partial charge in [0, 0.05) is 11.8 Å². The fourth-order valence-corrected chi connectivity index (χ4v) is 6.61. The van der Waals surface area contributed by atoms with Crippen molar-refractivity contribution in [3.05, 3.63) is 11.6 Å². The number of hydrogen-bond donors (Lipinski definition) is 0. The quantitative estimate of drug-likeness (QED) is 0.562. The summed E-state index contributed by atoms with van der Waals surface area (Å²) in [4.78, 5) is 12.4. The summed E-state index contributed by atoms with van der Waals surface area (Å²) >= 11 is 0. The van der Waals surface area contributed by atoms with Crippen LogP contribution in [-0.2, 0) is 4.79 Å². The zero-order chi connectivity index (χ0) is 14.8. The van der Waals surface area contributed by atoms with Gasteiger partial charge in [-0.25, -0.2) is 0 Å². The van der Waals surface area contributed by atoms with Crippen molar-refractivity contribution in [2.75, 3.05) is 0 Å². The second kappa shape index (κ2) is 4.46. The molecule has 4 aliphatic rings. The SMILES string of the molecule is C[C@H]1CCC2(C)C(=CCC3C2CC[C@]2(C)C(=O)CCC32)C1. The van der Waals surface area contributed by atoms with Gasteiger partial charge < -0.3 is 0 Å². The molecule has 0 aromatic carbocycles. The molecule has 0 amide bonds. The van der Waals surface area contributed by atoms with E-state index in [-0.39, 0.29) is 5.41 Å². The van der Waals surface area contributed by atoms with E-state index in [0.29, 0.717) is 17.1 Å². The first-order valence-electron chi connectivity index (χ1n) is 9.18. The van der Waals surface area contributed by atoms with Gasteiger partial charge in [0.2, 0.25) is 0 Å². The summed E-state index contributed by atoms with van der Waals surface area (Å²) < 4.78 is 0. The number of Topliss-reactive ketones (excluding diaryl/α,β-unsaturated/α-hetero) is 1. The van der Waals surface area contributed by atoms with Crippen molar-refractivity contribution in [1.29, 1.82) is 0 Å². The Labute approximate surface area is 129 Å². The van der Waals surface area contributed by atoms with Crippen LogP contribution in [0.3, 0.4) is 0 Å². The molecule has 0 heterocycles. The first-order chi connectivity index (χ1) is 9.95. The molecule has 0 saturated heterocycles. The van der Waals surface area contributed by atoms with Crippen LogP contribution in [0.15, 0.2) is 11.6 Å². The molecule has 0 aliphatic heterocycles. The molecule has 4 unspecified atom stereocenters. The van der Waals surface area contributed by atoms with Gasteiger partial charge in [-0.05, 0) is 74.0 Å². The number of allylic oxidation sites excluding steroid dienone is 2. The average Bonchev–Trinajstić information content (AvgIpc) is 2.76. The molecule has 4 rings (SSSR count). The predicted octanol–water partition coefficient (Wildman–Crippen LogP) is 5.15. The highest BCUT2D eigenvalue weighted by Crippen LogP contribution is 2.64. The third-order valence-corrected chi connectivity index (χ3v) is 8.06. The summed E-state index contributed by atoms with van der Waals surface area (Å²) in [6, 6.07) is 0. The van der Waals surface area contributed by atoms with Crippen LogP contribution in [0.25, 0.3) is 0 Å². The molecule has 0 aromatic heterocycles. The minimum Gasteiger partial charge on any atom is -0.299 e. The van der Waals surface area contributed by atoms with Crippen LogP contribution >= 0.6 is 0 Å². The Hall–Kier alpha value is -0.590. The Balaban J connectivity index is 1.69. The predicted molar refractivity (Wildman–Crippen MR) is 85.9 cm³/mol. The van der Waals surface area contributed by atoms with E-state index in [0.717, 1.165) is 30.6 Å². The average molecular weight is 286 g/mol. The van der Waals surface area contributed by atoms with Gasteiger partial charge in [0.05, 0.1) is 0 Å². The zero-order valence-corrected chi connectivity index (χ0v) is 14.0. The van der Waals surface area contributed by atoms with Crippen LogP contribution in [0.1, 0.15) is 72.1 Å². The molecule has 6 atom stereocenters. The van der Waals surface area contributed by atoms with Crippen LogP contribution in [0.5, 0.6) is 0 Å². The molecule has 0 spiro atoms. The van der Waals surface area contributed by atoms with Gasteiger partial charge in [-0.15, -0.1) is 0 Å². The van der Waals surface area contributed by atoms with E-state index in [4.69, 9.17) is 0 Å². The first kappa shape index (κ1) is 14.0. The summed E-state index contributed by atoms with van der Waals surface area (Å²) in [5, 5.41) is 0. The van der Waals surface area contributed by atoms with Crippen LogP contribution < -0.4 is 0 Å². The Morgan fingerprint density at radius 1 is 1.05 bits per heavy atom. The highest BCUT2D eigenvalue weighted by atomic mass is 16.1. The van der Waals surface area contributed by atoms with Gasteiger partial charge in [-0.2, -0.15) is 0 Å². The second-order valence-corrected chi connectivity index (χ2v) is 9.03. The van der Waals surface area contributed by atoms with Gasteiger partial charge in [0.15, 0.2) is 0 Å². The Morgan fingerprint density at radius 3 is 2.57 bits per heavy atom. The minimum atomic E-state index is 0.0326. The summed E-state index contributed by atoms with van der Waals surface area (Å²) in [6.07, 6.45) is 12.5. The van der Waals surface area contributed by atoms with Crippen LogP contribution in [-0.4, -0.2) is 5.78 Å². The molecule has 116 valence electrons. The Kier molecular flexibility index (Phi) is 2.98. The van der Waals surface area contributed by atoms with Crippen molar-refractivity contribution in [2.24, 2.45) is 34.5 Å². The number of ketones is 1.